The minimum Gasteiger partial charge on any atom is -0.741 e. The van der Waals surface area contributed by atoms with E-state index in [-0.39, 0.29) is 0 Å². The van der Waals surface area contributed by atoms with Gasteiger partial charge >= 0.3 is 5.51 Å². The maximum atomic E-state index is 10.7. The molecule has 0 aliphatic heterocycles. The van der Waals surface area contributed by atoms with Gasteiger partial charge in [-0.3, -0.25) is 0 Å². The molecule has 1 rings (SSSR count). The van der Waals surface area contributed by atoms with Crippen LogP contribution in [0.25, 0.3) is 0 Å². The van der Waals surface area contributed by atoms with Crippen LogP contribution in [0.3, 0.4) is 0 Å². The predicted octanol–water partition coefficient (Wildman–Crippen LogP) is 1.27. The van der Waals surface area contributed by atoms with E-state index in [0.717, 1.165) is 6.54 Å². The van der Waals surface area contributed by atoms with Crippen molar-refractivity contribution in [2.45, 2.75) is 12.1 Å². The van der Waals surface area contributed by atoms with Gasteiger partial charge in [0.25, 0.3) is 0 Å². The van der Waals surface area contributed by atoms with E-state index in [2.05, 4.69) is 16.7 Å². The first-order valence-electron chi connectivity index (χ1n) is 3.72. The smallest absolute Gasteiger partial charge is 0.485 e. The fourth-order valence-corrected chi connectivity index (χ4v) is 1.12. The summed E-state index contributed by atoms with van der Waals surface area (Å²) in [5.41, 5.74) is -3.59. The number of nitrogens with zero attached hydrogens (tertiary/aromatic N) is 1. The van der Waals surface area contributed by atoms with Crippen molar-refractivity contribution in [2.75, 3.05) is 0 Å². The van der Waals surface area contributed by atoms with Gasteiger partial charge < -0.3 is 4.55 Å². The molecule has 1 aromatic rings. The summed E-state index contributed by atoms with van der Waals surface area (Å²) in [5, 5.41) is 2.05. The Hall–Kier alpha value is -0.930. The van der Waals surface area contributed by atoms with Crippen LogP contribution in [0.4, 0.5) is 13.2 Å². The zero-order valence-corrected chi connectivity index (χ0v) is 9.48. The van der Waals surface area contributed by atoms with Gasteiger partial charge in [-0.05, 0) is 6.08 Å². The van der Waals surface area contributed by atoms with E-state index >= 15 is 0 Å². The SMILES string of the molecule is C=CC[n+]1ccsc1.O=S(=O)([O-])C(F)(F)F. The van der Waals surface area contributed by atoms with Gasteiger partial charge in [-0.1, -0.05) is 17.9 Å². The molecule has 0 saturated carbocycles. The Morgan fingerprint density at radius 2 is 2.00 bits per heavy atom. The third-order valence-corrected chi connectivity index (χ3v) is 2.39. The van der Waals surface area contributed by atoms with Crippen LogP contribution in [0, 0.1) is 0 Å². The van der Waals surface area contributed by atoms with Gasteiger partial charge in [0.05, 0.1) is 5.38 Å². The quantitative estimate of drug-likeness (QED) is 0.353. The standard InChI is InChI=1S/C6H8NS.CHF3O3S/c1-2-3-7-4-5-8-6-7;2-1(3,4)8(5,6)7/h2,4-6H,1,3H2;(H,5,6,7)/q+1;/p-1. The summed E-state index contributed by atoms with van der Waals surface area (Å²) in [6.45, 7) is 4.54. The average Bonchev–Trinajstić information content (AvgIpc) is 2.54. The molecular weight excluding hydrogens is 267 g/mol. The lowest BCUT2D eigenvalue weighted by molar-refractivity contribution is -0.682. The molecule has 16 heavy (non-hydrogen) atoms. The molecule has 0 N–H and O–H groups in total. The molecule has 9 heteroatoms. The van der Waals surface area contributed by atoms with Gasteiger partial charge in [0.2, 0.25) is 5.51 Å². The number of thiazole rings is 1. The molecule has 0 saturated heterocycles. The topological polar surface area (TPSA) is 61.1 Å². The van der Waals surface area contributed by atoms with Crippen LogP contribution >= 0.6 is 11.3 Å². The number of halogens is 3. The van der Waals surface area contributed by atoms with Crippen molar-refractivity contribution in [2.24, 2.45) is 0 Å². The molecule has 4 nitrogen and oxygen atoms in total. The maximum absolute atomic E-state index is 10.7. The fraction of sp³-hybridized carbons (Fsp3) is 0.286. The normalized spacial score (nSPS) is 11.5. The van der Waals surface area contributed by atoms with Crippen LogP contribution in [0.5, 0.6) is 0 Å². The second-order valence-electron chi connectivity index (χ2n) is 2.41. The zero-order valence-electron chi connectivity index (χ0n) is 7.85. The van der Waals surface area contributed by atoms with Gasteiger partial charge in [-0.2, -0.15) is 17.7 Å². The number of alkyl halides is 3. The summed E-state index contributed by atoms with van der Waals surface area (Å²) < 4.78 is 61.0. The molecule has 0 spiro atoms. The van der Waals surface area contributed by atoms with E-state index in [1.807, 2.05) is 17.7 Å². The molecule has 0 amide bonds. The molecule has 0 bridgehead atoms. The summed E-state index contributed by atoms with van der Waals surface area (Å²) in [7, 11) is -6.09. The van der Waals surface area contributed by atoms with E-state index in [0.29, 0.717) is 0 Å². The molecular formula is C7H8F3NO3S2. The van der Waals surface area contributed by atoms with Crippen molar-refractivity contribution in [3.63, 3.8) is 0 Å². The third-order valence-electron chi connectivity index (χ3n) is 1.15. The number of allylic oxidation sites excluding steroid dienone is 1. The second kappa shape index (κ2) is 5.97. The van der Waals surface area contributed by atoms with Crippen LogP contribution in [0.2, 0.25) is 0 Å². The highest BCUT2D eigenvalue weighted by atomic mass is 32.2. The van der Waals surface area contributed by atoms with Gasteiger partial charge in [0, 0.05) is 0 Å². The lowest BCUT2D eigenvalue weighted by atomic mass is 10.6. The van der Waals surface area contributed by atoms with Crippen LogP contribution in [-0.4, -0.2) is 18.5 Å². The van der Waals surface area contributed by atoms with E-state index in [1.165, 1.54) is 0 Å². The van der Waals surface area contributed by atoms with Crippen LogP contribution in [0.15, 0.2) is 29.7 Å². The molecule has 0 aliphatic rings. The van der Waals surface area contributed by atoms with Crippen molar-refractivity contribution in [3.05, 3.63) is 29.7 Å². The van der Waals surface area contributed by atoms with Crippen molar-refractivity contribution in [3.8, 4) is 0 Å². The van der Waals surface area contributed by atoms with Crippen molar-refractivity contribution < 1.29 is 30.7 Å². The molecule has 0 aliphatic carbocycles. The largest absolute Gasteiger partial charge is 0.741 e. The average molecular weight is 275 g/mol. The Morgan fingerprint density at radius 3 is 2.25 bits per heavy atom. The lowest BCUT2D eigenvalue weighted by Gasteiger charge is -2.08. The highest BCUT2D eigenvalue weighted by Crippen LogP contribution is 2.20. The second-order valence-corrected chi connectivity index (χ2v) is 4.54. The van der Waals surface area contributed by atoms with Crippen LogP contribution < -0.4 is 4.57 Å². The maximum Gasteiger partial charge on any atom is 0.485 e. The minimum atomic E-state index is -6.09. The molecule has 0 radical (unpaired) electrons. The minimum absolute atomic E-state index is 0.920. The Kier molecular flexibility index (Phi) is 5.62. The number of aromatic nitrogens is 1. The van der Waals surface area contributed by atoms with E-state index in [1.54, 1.807) is 11.3 Å². The Labute approximate surface area is 94.4 Å². The molecule has 92 valence electrons. The van der Waals surface area contributed by atoms with E-state index in [9.17, 15) is 13.2 Å². The summed E-state index contributed by atoms with van der Waals surface area (Å²) in [6.07, 6.45) is 3.92. The summed E-state index contributed by atoms with van der Waals surface area (Å²) in [5.74, 6) is 0. The molecule has 0 unspecified atom stereocenters. The monoisotopic (exact) mass is 275 g/mol. The Bertz CT molecular complexity index is 411. The van der Waals surface area contributed by atoms with Gasteiger partial charge in [-0.25, -0.2) is 8.42 Å². The highest BCUT2D eigenvalue weighted by Gasteiger charge is 2.36. The first kappa shape index (κ1) is 15.1. The van der Waals surface area contributed by atoms with Crippen LogP contribution in [0.1, 0.15) is 0 Å². The molecule has 0 atom stereocenters. The Morgan fingerprint density at radius 1 is 1.50 bits per heavy atom. The number of rotatable bonds is 2. The first-order valence-corrected chi connectivity index (χ1v) is 6.08. The number of hydrogen-bond donors (Lipinski definition) is 0. The van der Waals surface area contributed by atoms with Crippen molar-refractivity contribution >= 4 is 21.5 Å². The zero-order chi connectivity index (χ0) is 12.8. The van der Waals surface area contributed by atoms with Crippen LogP contribution in [-0.2, 0) is 16.7 Å². The number of hydrogen-bond acceptors (Lipinski definition) is 4. The molecule has 1 heterocycles. The molecule has 0 aromatic carbocycles. The van der Waals surface area contributed by atoms with Crippen molar-refractivity contribution in [1.29, 1.82) is 0 Å². The van der Waals surface area contributed by atoms with E-state index < -0.39 is 15.6 Å². The third kappa shape index (κ3) is 5.83. The molecule has 1 aromatic heterocycles. The first-order chi connectivity index (χ1) is 7.18. The summed E-state index contributed by atoms with van der Waals surface area (Å²) in [6, 6.07) is 0. The molecule has 0 fully saturated rings. The fourth-order valence-electron chi connectivity index (χ4n) is 0.515. The van der Waals surface area contributed by atoms with Gasteiger partial charge in [-0.15, -0.1) is 0 Å². The summed E-state index contributed by atoms with van der Waals surface area (Å²) >= 11 is 1.69. The Balaban J connectivity index is 0.000000281. The highest BCUT2D eigenvalue weighted by molar-refractivity contribution is 7.86. The van der Waals surface area contributed by atoms with Gasteiger partial charge in [0.1, 0.15) is 0 Å². The van der Waals surface area contributed by atoms with Crippen molar-refractivity contribution in [1.82, 2.24) is 0 Å². The summed E-state index contributed by atoms with van der Waals surface area (Å²) in [4.78, 5) is 0. The lowest BCUT2D eigenvalue weighted by Crippen LogP contribution is -2.28. The van der Waals surface area contributed by atoms with E-state index in [4.69, 9.17) is 13.0 Å². The van der Waals surface area contributed by atoms with Gasteiger partial charge in [0.15, 0.2) is 22.9 Å². The predicted molar refractivity (Wildman–Crippen MR) is 50.5 cm³/mol.